The van der Waals surface area contributed by atoms with Crippen molar-refractivity contribution in [3.8, 4) is 0 Å². The Morgan fingerprint density at radius 2 is 1.64 bits per heavy atom. The van der Waals surface area contributed by atoms with E-state index < -0.39 is 11.9 Å². The predicted octanol–water partition coefficient (Wildman–Crippen LogP) is 2.97. The molecule has 28 heavy (non-hydrogen) atoms. The molecule has 0 unspecified atom stereocenters. The van der Waals surface area contributed by atoms with E-state index in [0.717, 1.165) is 56.9 Å². The van der Waals surface area contributed by atoms with Crippen LogP contribution in [0, 0.1) is 5.92 Å². The normalized spacial score (nSPS) is 14.7. The van der Waals surface area contributed by atoms with Crippen LogP contribution in [0.5, 0.6) is 0 Å². The fraction of sp³-hybridized carbons (Fsp3) is 0.550. The number of likely N-dealkylation sites (tertiary alicyclic amines) is 1. The molecule has 2 N–H and O–H groups in total. The Bertz CT molecular complexity index is 631. The quantitative estimate of drug-likeness (QED) is 0.697. The Hall–Kier alpha value is -2.12. The maximum absolute atomic E-state index is 12.4. The van der Waals surface area contributed by atoms with Crippen LogP contribution in [0.15, 0.2) is 24.3 Å². The summed E-state index contributed by atoms with van der Waals surface area (Å²) >= 11 is 5.92. The Labute approximate surface area is 170 Å². The van der Waals surface area contributed by atoms with Crippen molar-refractivity contribution in [1.82, 2.24) is 9.80 Å². The van der Waals surface area contributed by atoms with Crippen LogP contribution in [-0.4, -0.2) is 64.5 Å². The second-order valence-electron chi connectivity index (χ2n) is 6.90. The number of nitrogens with zero attached hydrogens (tertiary/aromatic N) is 2. The molecule has 8 heteroatoms. The average Bonchev–Trinajstić information content (AvgIpc) is 2.68. The number of carboxylic acids is 2. The van der Waals surface area contributed by atoms with E-state index in [2.05, 4.69) is 24.0 Å². The number of amides is 1. The number of unbranched alkanes of at least 4 members (excludes halogenated alkanes) is 1. The third-order valence-electron chi connectivity index (χ3n) is 4.66. The molecule has 1 aliphatic heterocycles. The maximum atomic E-state index is 12.4. The van der Waals surface area contributed by atoms with Crippen molar-refractivity contribution in [2.45, 2.75) is 39.2 Å². The number of carbonyl (C=O) groups excluding carboxylic acids is 1. The minimum Gasteiger partial charge on any atom is -0.473 e. The zero-order valence-corrected chi connectivity index (χ0v) is 17.2. The third kappa shape index (κ3) is 8.71. The summed E-state index contributed by atoms with van der Waals surface area (Å²) in [6.45, 7) is 6.00. The fourth-order valence-electron chi connectivity index (χ4n) is 3.00. The summed E-state index contributed by atoms with van der Waals surface area (Å²) in [5.74, 6) is -3.10. The van der Waals surface area contributed by atoms with Gasteiger partial charge in [0.15, 0.2) is 0 Å². The van der Waals surface area contributed by atoms with Gasteiger partial charge >= 0.3 is 11.9 Å². The zero-order chi connectivity index (χ0) is 21.1. The highest BCUT2D eigenvalue weighted by atomic mass is 35.5. The molecule has 1 aromatic rings. The Morgan fingerprint density at radius 3 is 2.11 bits per heavy atom. The molecule has 1 amide bonds. The van der Waals surface area contributed by atoms with Crippen LogP contribution < -0.4 is 0 Å². The number of benzene rings is 1. The van der Waals surface area contributed by atoms with E-state index in [-0.39, 0.29) is 5.92 Å². The van der Waals surface area contributed by atoms with Crippen LogP contribution >= 0.6 is 11.6 Å². The van der Waals surface area contributed by atoms with Crippen LogP contribution in [0.2, 0.25) is 5.02 Å². The third-order valence-corrected chi connectivity index (χ3v) is 4.91. The molecular formula is C20H29ClN2O5. The smallest absolute Gasteiger partial charge is 0.414 e. The number of rotatable bonds is 6. The zero-order valence-electron chi connectivity index (χ0n) is 16.4. The monoisotopic (exact) mass is 412 g/mol. The first-order valence-electron chi connectivity index (χ1n) is 9.42. The first kappa shape index (κ1) is 23.9. The van der Waals surface area contributed by atoms with Gasteiger partial charge in [-0.15, -0.1) is 0 Å². The van der Waals surface area contributed by atoms with Gasteiger partial charge in [0.2, 0.25) is 5.91 Å². The number of hydrogen-bond donors (Lipinski definition) is 2. The van der Waals surface area contributed by atoms with E-state index in [0.29, 0.717) is 5.91 Å². The molecule has 0 aliphatic carbocycles. The minimum atomic E-state index is -1.82. The highest BCUT2D eigenvalue weighted by Crippen LogP contribution is 2.21. The second kappa shape index (κ2) is 12.4. The predicted molar refractivity (Wildman–Crippen MR) is 107 cm³/mol. The van der Waals surface area contributed by atoms with Crippen molar-refractivity contribution in [1.29, 1.82) is 0 Å². The molecule has 0 bridgehead atoms. The van der Waals surface area contributed by atoms with E-state index in [1.54, 1.807) is 0 Å². The number of halogens is 1. The highest BCUT2D eigenvalue weighted by molar-refractivity contribution is 6.30. The van der Waals surface area contributed by atoms with Gasteiger partial charge in [-0.25, -0.2) is 9.59 Å². The average molecular weight is 413 g/mol. The van der Waals surface area contributed by atoms with Gasteiger partial charge in [-0.3, -0.25) is 9.69 Å². The lowest BCUT2D eigenvalue weighted by atomic mass is 9.95. The molecule has 1 aliphatic rings. The van der Waals surface area contributed by atoms with Gasteiger partial charge in [0.05, 0.1) is 0 Å². The molecule has 1 saturated heterocycles. The lowest BCUT2D eigenvalue weighted by molar-refractivity contribution is -0.159. The van der Waals surface area contributed by atoms with E-state index >= 15 is 0 Å². The van der Waals surface area contributed by atoms with Gasteiger partial charge in [-0.05, 0) is 50.0 Å². The molecule has 1 heterocycles. The summed E-state index contributed by atoms with van der Waals surface area (Å²) in [4.78, 5) is 34.9. The van der Waals surface area contributed by atoms with Crippen LogP contribution in [0.25, 0.3) is 0 Å². The largest absolute Gasteiger partial charge is 0.473 e. The maximum Gasteiger partial charge on any atom is 0.414 e. The van der Waals surface area contributed by atoms with Gasteiger partial charge < -0.3 is 15.1 Å². The summed E-state index contributed by atoms with van der Waals surface area (Å²) in [6.07, 6.45) is 4.18. The lowest BCUT2D eigenvalue weighted by Crippen LogP contribution is -2.41. The summed E-state index contributed by atoms with van der Waals surface area (Å²) in [5.41, 5.74) is 1.29. The molecule has 0 spiro atoms. The van der Waals surface area contributed by atoms with E-state index in [1.165, 1.54) is 5.56 Å². The summed E-state index contributed by atoms with van der Waals surface area (Å²) < 4.78 is 0. The number of hydrogen-bond acceptors (Lipinski definition) is 4. The fourth-order valence-corrected chi connectivity index (χ4v) is 3.13. The van der Waals surface area contributed by atoms with Crippen molar-refractivity contribution < 1.29 is 24.6 Å². The van der Waals surface area contributed by atoms with Gasteiger partial charge in [0.1, 0.15) is 0 Å². The van der Waals surface area contributed by atoms with E-state index in [4.69, 9.17) is 31.4 Å². The molecule has 0 saturated carbocycles. The van der Waals surface area contributed by atoms with Crippen molar-refractivity contribution in [2.24, 2.45) is 5.92 Å². The molecule has 7 nitrogen and oxygen atoms in total. The van der Waals surface area contributed by atoms with Crippen LogP contribution in [0.3, 0.4) is 0 Å². The Kier molecular flexibility index (Phi) is 10.6. The number of piperidine rings is 1. The van der Waals surface area contributed by atoms with Gasteiger partial charge in [-0.2, -0.15) is 0 Å². The van der Waals surface area contributed by atoms with Gasteiger partial charge in [0, 0.05) is 31.1 Å². The Balaban J connectivity index is 0.000000568. The lowest BCUT2D eigenvalue weighted by Gasteiger charge is -2.33. The van der Waals surface area contributed by atoms with Crippen LogP contribution in [-0.2, 0) is 20.9 Å². The van der Waals surface area contributed by atoms with E-state index in [1.807, 2.05) is 24.1 Å². The van der Waals surface area contributed by atoms with Gasteiger partial charge in [-0.1, -0.05) is 37.1 Å². The minimum absolute atomic E-state index is 0.211. The standard InChI is InChI=1S/C18H27ClN2O.C2H2O4/c1-3-4-11-20(2)18(22)16-9-12-21(13-10-16)14-15-5-7-17(19)8-6-15;3-1(4)2(5)6/h5-8,16H,3-4,9-14H2,1-2H3;(H,3,4)(H,5,6). The van der Waals surface area contributed by atoms with Crippen LogP contribution in [0.4, 0.5) is 0 Å². The molecule has 1 aromatic carbocycles. The van der Waals surface area contributed by atoms with Crippen molar-refractivity contribution in [3.63, 3.8) is 0 Å². The van der Waals surface area contributed by atoms with E-state index in [9.17, 15) is 4.79 Å². The van der Waals surface area contributed by atoms with Gasteiger partial charge in [0.25, 0.3) is 0 Å². The topological polar surface area (TPSA) is 98.2 Å². The highest BCUT2D eigenvalue weighted by Gasteiger charge is 2.26. The molecular weight excluding hydrogens is 384 g/mol. The Morgan fingerprint density at radius 1 is 1.11 bits per heavy atom. The van der Waals surface area contributed by atoms with Crippen molar-refractivity contribution >= 4 is 29.4 Å². The second-order valence-corrected chi connectivity index (χ2v) is 7.34. The van der Waals surface area contributed by atoms with Crippen LogP contribution in [0.1, 0.15) is 38.2 Å². The van der Waals surface area contributed by atoms with Crippen molar-refractivity contribution in [2.75, 3.05) is 26.7 Å². The molecule has 0 radical (unpaired) electrons. The number of carbonyl (C=O) groups is 3. The SMILES string of the molecule is CCCCN(C)C(=O)C1CCN(Cc2ccc(Cl)cc2)CC1.O=C(O)C(=O)O. The summed E-state index contributed by atoms with van der Waals surface area (Å²) in [5, 5.41) is 15.6. The number of aliphatic carboxylic acids is 2. The molecule has 0 atom stereocenters. The molecule has 156 valence electrons. The molecule has 2 rings (SSSR count). The molecule has 1 fully saturated rings. The first-order chi connectivity index (χ1) is 13.2. The summed E-state index contributed by atoms with van der Waals surface area (Å²) in [6, 6.07) is 8.04. The molecule has 0 aromatic heterocycles. The number of carboxylic acid groups (broad SMARTS) is 2. The summed E-state index contributed by atoms with van der Waals surface area (Å²) in [7, 11) is 1.94. The van der Waals surface area contributed by atoms with Crippen molar-refractivity contribution in [3.05, 3.63) is 34.9 Å². The first-order valence-corrected chi connectivity index (χ1v) is 9.80.